The molecule has 1 heterocycles. The highest BCUT2D eigenvalue weighted by Crippen LogP contribution is 2.09. The summed E-state index contributed by atoms with van der Waals surface area (Å²) in [4.78, 5) is 0. The van der Waals surface area contributed by atoms with Gasteiger partial charge < -0.3 is 5.73 Å². The molecule has 7 heavy (non-hydrogen) atoms. The van der Waals surface area contributed by atoms with Crippen molar-refractivity contribution in [1.82, 2.24) is 5.17 Å². The summed E-state index contributed by atoms with van der Waals surface area (Å²) in [6, 6.07) is 0. The molecule has 0 aromatic rings. The van der Waals surface area contributed by atoms with Gasteiger partial charge in [0.1, 0.15) is 5.88 Å². The number of nitrogens with zero attached hydrogens (tertiary/aromatic N) is 2. The van der Waals surface area contributed by atoms with Gasteiger partial charge in [-0.2, -0.15) is 5.17 Å². The normalized spacial score (nSPS) is 20.1. The molecule has 0 saturated heterocycles. The van der Waals surface area contributed by atoms with Gasteiger partial charge in [-0.05, 0) is 0 Å². The second-order valence-electron chi connectivity index (χ2n) is 1.08. The number of hydrogen-bond acceptors (Lipinski definition) is 5. The molecule has 0 unspecified atom stereocenters. The first-order valence-corrected chi connectivity index (χ1v) is 2.71. The Labute approximate surface area is 44.9 Å². The monoisotopic (exact) mass is 119 g/mol. The molecule has 0 atom stereocenters. The van der Waals surface area contributed by atoms with E-state index in [-0.39, 0.29) is 0 Å². The van der Waals surface area contributed by atoms with Crippen molar-refractivity contribution >= 4 is 16.9 Å². The van der Waals surface area contributed by atoms with Crippen LogP contribution in [-0.2, 0) is 0 Å². The van der Waals surface area contributed by atoms with Gasteiger partial charge in [-0.15, -0.1) is 5.10 Å². The van der Waals surface area contributed by atoms with Gasteiger partial charge in [0.2, 0.25) is 0 Å². The summed E-state index contributed by atoms with van der Waals surface area (Å²) >= 11 is 1.31. The van der Waals surface area contributed by atoms with Crippen molar-refractivity contribution in [3.63, 3.8) is 0 Å². The van der Waals surface area contributed by atoms with Crippen LogP contribution in [0.3, 0.4) is 0 Å². The number of hydrazone groups is 1. The van der Waals surface area contributed by atoms with Crippen LogP contribution in [0.25, 0.3) is 0 Å². The van der Waals surface area contributed by atoms with Gasteiger partial charge in [0.25, 0.3) is 0 Å². The third-order valence-electron chi connectivity index (χ3n) is 0.542. The largest absolute Gasteiger partial charge is 0.377 e. The average molecular weight is 119 g/mol. The third kappa shape index (κ3) is 0.971. The zero-order chi connectivity index (χ0) is 5.28. The van der Waals surface area contributed by atoms with E-state index in [9.17, 15) is 0 Å². The molecule has 1 aliphatic rings. The van der Waals surface area contributed by atoms with Crippen LogP contribution in [-0.4, -0.2) is 21.4 Å². The molecule has 0 aliphatic carbocycles. The van der Waals surface area contributed by atoms with Crippen molar-refractivity contribution < 1.29 is 5.21 Å². The minimum atomic E-state index is 0.419. The number of rotatable bonds is 0. The van der Waals surface area contributed by atoms with E-state index in [0.717, 1.165) is 5.17 Å². The maximum absolute atomic E-state index is 8.44. The van der Waals surface area contributed by atoms with Crippen molar-refractivity contribution in [2.75, 3.05) is 5.88 Å². The topological polar surface area (TPSA) is 61.8 Å². The summed E-state index contributed by atoms with van der Waals surface area (Å²) in [5, 5.41) is 13.1. The zero-order valence-electron chi connectivity index (χ0n) is 3.53. The number of amidine groups is 1. The van der Waals surface area contributed by atoms with Crippen LogP contribution >= 0.6 is 11.8 Å². The van der Waals surface area contributed by atoms with Crippen LogP contribution in [0.15, 0.2) is 5.10 Å². The zero-order valence-corrected chi connectivity index (χ0v) is 4.35. The molecule has 0 bridgehead atoms. The summed E-state index contributed by atoms with van der Waals surface area (Å²) in [6.07, 6.45) is 0. The van der Waals surface area contributed by atoms with E-state index in [4.69, 9.17) is 10.9 Å². The fraction of sp³-hybridized carbons (Fsp3) is 0.500. The second-order valence-corrected chi connectivity index (χ2v) is 2.05. The van der Waals surface area contributed by atoms with E-state index in [1.54, 1.807) is 0 Å². The SMILES string of the molecule is NC1=NN(O)CS1. The van der Waals surface area contributed by atoms with Gasteiger partial charge in [-0.3, -0.25) is 5.21 Å². The molecule has 0 amide bonds. The molecular formula is C2H5N3OS. The molecule has 0 aromatic heterocycles. The lowest BCUT2D eigenvalue weighted by atomic mass is 11.3. The molecule has 5 heteroatoms. The van der Waals surface area contributed by atoms with Gasteiger partial charge in [-0.25, -0.2) is 0 Å². The Morgan fingerprint density at radius 2 is 2.71 bits per heavy atom. The van der Waals surface area contributed by atoms with Crippen molar-refractivity contribution in [3.8, 4) is 0 Å². The predicted molar refractivity (Wildman–Crippen MR) is 27.7 cm³/mol. The van der Waals surface area contributed by atoms with Crippen molar-refractivity contribution in [1.29, 1.82) is 0 Å². The Hall–Kier alpha value is -0.420. The van der Waals surface area contributed by atoms with E-state index in [2.05, 4.69) is 5.10 Å². The number of hydrogen-bond donors (Lipinski definition) is 2. The molecule has 0 spiro atoms. The summed E-state index contributed by atoms with van der Waals surface area (Å²) in [7, 11) is 0. The first-order chi connectivity index (χ1) is 3.29. The van der Waals surface area contributed by atoms with Gasteiger partial charge >= 0.3 is 0 Å². The van der Waals surface area contributed by atoms with E-state index in [1.165, 1.54) is 11.8 Å². The van der Waals surface area contributed by atoms with Gasteiger partial charge in [0, 0.05) is 0 Å². The molecule has 1 aliphatic heterocycles. The van der Waals surface area contributed by atoms with E-state index in [1.807, 2.05) is 0 Å². The summed E-state index contributed by atoms with van der Waals surface area (Å²) in [5.74, 6) is 0.450. The van der Waals surface area contributed by atoms with Crippen LogP contribution in [0.2, 0.25) is 0 Å². The molecule has 0 fully saturated rings. The highest BCUT2D eigenvalue weighted by Gasteiger charge is 2.07. The summed E-state index contributed by atoms with van der Waals surface area (Å²) < 4.78 is 0. The lowest BCUT2D eigenvalue weighted by Crippen LogP contribution is -2.05. The van der Waals surface area contributed by atoms with Gasteiger partial charge in [-0.1, -0.05) is 11.8 Å². The molecule has 3 N–H and O–H groups in total. The van der Waals surface area contributed by atoms with E-state index < -0.39 is 0 Å². The van der Waals surface area contributed by atoms with E-state index in [0.29, 0.717) is 11.0 Å². The Kier molecular flexibility index (Phi) is 1.07. The maximum atomic E-state index is 8.44. The molecule has 4 nitrogen and oxygen atoms in total. The lowest BCUT2D eigenvalue weighted by Gasteiger charge is -1.95. The minimum Gasteiger partial charge on any atom is -0.377 e. The maximum Gasteiger partial charge on any atom is 0.182 e. The molecule has 0 saturated carbocycles. The Balaban J connectivity index is 2.50. The Bertz CT molecular complexity index is 103. The van der Waals surface area contributed by atoms with Crippen molar-refractivity contribution in [2.24, 2.45) is 10.8 Å². The second kappa shape index (κ2) is 1.59. The smallest absolute Gasteiger partial charge is 0.182 e. The third-order valence-corrected chi connectivity index (χ3v) is 1.28. The molecular weight excluding hydrogens is 114 g/mol. The van der Waals surface area contributed by atoms with Gasteiger partial charge in [0.05, 0.1) is 0 Å². The van der Waals surface area contributed by atoms with Crippen LogP contribution in [0, 0.1) is 0 Å². The van der Waals surface area contributed by atoms with Crippen LogP contribution in [0.4, 0.5) is 0 Å². The number of thioether (sulfide) groups is 1. The Morgan fingerprint density at radius 1 is 2.00 bits per heavy atom. The lowest BCUT2D eigenvalue weighted by molar-refractivity contribution is -0.0670. The van der Waals surface area contributed by atoms with E-state index >= 15 is 0 Å². The Morgan fingerprint density at radius 3 is 2.86 bits per heavy atom. The van der Waals surface area contributed by atoms with Crippen LogP contribution < -0.4 is 5.73 Å². The number of nitrogens with two attached hydrogens (primary N) is 1. The first kappa shape index (κ1) is 4.73. The minimum absolute atomic E-state index is 0.419. The molecule has 40 valence electrons. The fourth-order valence-corrected chi connectivity index (χ4v) is 0.753. The molecule has 0 aromatic carbocycles. The first-order valence-electron chi connectivity index (χ1n) is 1.72. The molecule has 1 rings (SSSR count). The van der Waals surface area contributed by atoms with Gasteiger partial charge in [0.15, 0.2) is 5.17 Å². The predicted octanol–water partition coefficient (Wildman–Crippen LogP) is -0.388. The standard InChI is InChI=1S/C2H5N3OS/c3-2-4-5(6)1-7-2/h6H,1H2,(H2,3,4). The number of hydroxylamine groups is 1. The highest BCUT2D eigenvalue weighted by molar-refractivity contribution is 8.13. The van der Waals surface area contributed by atoms with Crippen molar-refractivity contribution in [3.05, 3.63) is 0 Å². The summed E-state index contributed by atoms with van der Waals surface area (Å²) in [5.41, 5.74) is 5.14. The molecule has 0 radical (unpaired) electrons. The highest BCUT2D eigenvalue weighted by atomic mass is 32.2. The van der Waals surface area contributed by atoms with Crippen LogP contribution in [0.1, 0.15) is 0 Å². The fourth-order valence-electron chi connectivity index (χ4n) is 0.295. The average Bonchev–Trinajstić information content (AvgIpc) is 1.87. The van der Waals surface area contributed by atoms with Crippen LogP contribution in [0.5, 0.6) is 0 Å². The summed E-state index contributed by atoms with van der Waals surface area (Å²) in [6.45, 7) is 0. The van der Waals surface area contributed by atoms with Crippen molar-refractivity contribution in [2.45, 2.75) is 0 Å². The quantitative estimate of drug-likeness (QED) is 0.456.